The fourth-order valence-electron chi connectivity index (χ4n) is 5.90. The van der Waals surface area contributed by atoms with Gasteiger partial charge in [0.1, 0.15) is 53.0 Å². The highest BCUT2D eigenvalue weighted by Crippen LogP contribution is 2.57. The number of hydrogen-bond acceptors (Lipinski definition) is 18. The van der Waals surface area contributed by atoms with Gasteiger partial charge in [-0.15, -0.1) is 0 Å². The highest BCUT2D eigenvalue weighted by Gasteiger charge is 2.79. The maximum Gasteiger partial charge on any atom is 0.238 e. The second-order valence-corrected chi connectivity index (χ2v) is 10.9. The number of hydrogen-bond donors (Lipinski definition) is 14. The zero-order valence-corrected chi connectivity index (χ0v) is 23.0. The maximum atomic E-state index is 13.3. The van der Waals surface area contributed by atoms with Crippen LogP contribution in [0, 0.1) is 0 Å². The van der Waals surface area contributed by atoms with Crippen LogP contribution in [0.5, 0.6) is 28.7 Å². The van der Waals surface area contributed by atoms with Gasteiger partial charge in [-0.1, -0.05) is 0 Å². The fraction of sp³-hybridized carbons (Fsp3) is 0.444. The molecule has 0 bridgehead atoms. The lowest BCUT2D eigenvalue weighted by molar-refractivity contribution is -0.470. The van der Waals surface area contributed by atoms with E-state index in [1.54, 1.807) is 0 Å². The zero-order chi connectivity index (χ0) is 33.5. The number of ether oxygens (including phenoxy) is 2. The Balaban J connectivity index is 1.82. The Morgan fingerprint density at radius 1 is 0.822 bits per heavy atom. The summed E-state index contributed by atoms with van der Waals surface area (Å²) in [5.41, 5.74) is -11.8. The van der Waals surface area contributed by atoms with Crippen LogP contribution < -0.4 is 5.43 Å². The van der Waals surface area contributed by atoms with Crippen molar-refractivity contribution in [2.75, 3.05) is 6.61 Å². The van der Waals surface area contributed by atoms with Gasteiger partial charge in [0, 0.05) is 11.6 Å². The van der Waals surface area contributed by atoms with E-state index in [2.05, 4.69) is 0 Å². The minimum absolute atomic E-state index is 0.174. The molecule has 18 nitrogen and oxygen atoms in total. The molecule has 10 atom stereocenters. The summed E-state index contributed by atoms with van der Waals surface area (Å²) in [5, 5.41) is 150. The topological polar surface area (TPSA) is 332 Å². The summed E-state index contributed by atoms with van der Waals surface area (Å²) in [6.07, 6.45) is -16.6. The van der Waals surface area contributed by atoms with Crippen molar-refractivity contribution in [1.29, 1.82) is 0 Å². The molecule has 5 rings (SSSR count). The number of aliphatic hydroxyl groups excluding tert-OH is 6. The molecule has 45 heavy (non-hydrogen) atoms. The molecule has 3 aromatic rings. The summed E-state index contributed by atoms with van der Waals surface area (Å²) < 4.78 is 15.7. The van der Waals surface area contributed by atoms with Gasteiger partial charge in [0.2, 0.25) is 17.0 Å². The van der Waals surface area contributed by atoms with Crippen molar-refractivity contribution >= 4 is 11.0 Å². The number of aliphatic hydroxyl groups is 9. The molecular formula is C27H30O18. The van der Waals surface area contributed by atoms with Crippen molar-refractivity contribution in [3.05, 3.63) is 40.1 Å². The fourth-order valence-corrected chi connectivity index (χ4v) is 5.90. The van der Waals surface area contributed by atoms with E-state index in [-0.39, 0.29) is 5.56 Å². The van der Waals surface area contributed by atoms with E-state index in [4.69, 9.17) is 13.9 Å². The van der Waals surface area contributed by atoms with Gasteiger partial charge in [-0.3, -0.25) is 4.79 Å². The third-order valence-electron chi connectivity index (χ3n) is 8.43. The molecule has 10 unspecified atom stereocenters. The Kier molecular flexibility index (Phi) is 7.71. The van der Waals surface area contributed by atoms with Crippen molar-refractivity contribution in [1.82, 2.24) is 0 Å². The second-order valence-electron chi connectivity index (χ2n) is 10.9. The van der Waals surface area contributed by atoms with Crippen LogP contribution in [0.2, 0.25) is 0 Å². The lowest BCUT2D eigenvalue weighted by Gasteiger charge is -2.62. The van der Waals surface area contributed by atoms with Crippen LogP contribution in [0.25, 0.3) is 22.3 Å². The van der Waals surface area contributed by atoms with E-state index in [0.29, 0.717) is 6.07 Å². The molecule has 2 saturated heterocycles. The Labute approximate surface area is 250 Å². The van der Waals surface area contributed by atoms with Crippen molar-refractivity contribution < 1.29 is 85.4 Å². The predicted octanol–water partition coefficient (Wildman–Crippen LogP) is -3.83. The molecule has 2 aliphatic heterocycles. The Morgan fingerprint density at radius 2 is 1.47 bits per heavy atom. The van der Waals surface area contributed by atoms with Crippen LogP contribution in [0.4, 0.5) is 0 Å². The van der Waals surface area contributed by atoms with Gasteiger partial charge in [0.15, 0.2) is 34.8 Å². The monoisotopic (exact) mass is 642 g/mol. The molecule has 246 valence electrons. The largest absolute Gasteiger partial charge is 0.507 e. The number of fused-ring (bicyclic) bond motifs is 1. The third kappa shape index (κ3) is 4.20. The standard InChI is InChI=1S/C27H30O18/c1-7-16(32)22(37)25(40,24(39)43-7)26(41)23(38)17(33)13(6-28)45-27(26,42)15-11(31)5-12-14(18(15)34)19(35)20(36)21(44-12)8-2-3-9(29)10(30)4-8/h2-5,7,13,16-17,22-24,28-34,36-42H,6H2,1H3. The summed E-state index contributed by atoms with van der Waals surface area (Å²) in [6.45, 7) is -0.116. The molecule has 0 amide bonds. The first kappa shape index (κ1) is 32.6. The van der Waals surface area contributed by atoms with E-state index in [9.17, 15) is 76.3 Å². The lowest BCUT2D eigenvalue weighted by atomic mass is 9.62. The molecule has 3 heterocycles. The first-order valence-electron chi connectivity index (χ1n) is 13.2. The molecular weight excluding hydrogens is 612 g/mol. The van der Waals surface area contributed by atoms with Gasteiger partial charge in [0.05, 0.1) is 18.3 Å². The van der Waals surface area contributed by atoms with E-state index in [1.165, 1.54) is 0 Å². The minimum atomic E-state index is -4.11. The number of aromatic hydroxyl groups is 5. The second kappa shape index (κ2) is 10.6. The minimum Gasteiger partial charge on any atom is -0.507 e. The van der Waals surface area contributed by atoms with E-state index in [1.807, 2.05) is 0 Å². The summed E-state index contributed by atoms with van der Waals surface area (Å²) in [4.78, 5) is 13.3. The van der Waals surface area contributed by atoms with Gasteiger partial charge in [-0.25, -0.2) is 0 Å². The van der Waals surface area contributed by atoms with Gasteiger partial charge in [0.25, 0.3) is 0 Å². The van der Waals surface area contributed by atoms with E-state index >= 15 is 0 Å². The third-order valence-corrected chi connectivity index (χ3v) is 8.43. The highest BCUT2D eigenvalue weighted by molar-refractivity contribution is 5.90. The normalized spacial score (nSPS) is 37.2. The highest BCUT2D eigenvalue weighted by atomic mass is 16.7. The molecule has 18 heteroatoms. The average molecular weight is 643 g/mol. The molecule has 0 radical (unpaired) electrons. The van der Waals surface area contributed by atoms with Crippen molar-refractivity contribution in [2.45, 2.75) is 66.8 Å². The van der Waals surface area contributed by atoms with Gasteiger partial charge < -0.3 is 85.4 Å². The van der Waals surface area contributed by atoms with E-state index < -0.39 is 123 Å². The quantitative estimate of drug-likeness (QED) is 0.121. The molecule has 0 saturated carbocycles. The number of phenols is 4. The number of rotatable bonds is 4. The van der Waals surface area contributed by atoms with Crippen LogP contribution in [0.3, 0.4) is 0 Å². The summed E-state index contributed by atoms with van der Waals surface area (Å²) in [6, 6.07) is 3.53. The van der Waals surface area contributed by atoms with Crippen LogP contribution in [-0.4, -0.2) is 132 Å². The molecule has 14 N–H and O–H groups in total. The maximum absolute atomic E-state index is 13.3. The molecule has 2 aromatic carbocycles. The molecule has 0 aliphatic carbocycles. The van der Waals surface area contributed by atoms with Gasteiger partial charge >= 0.3 is 0 Å². The Hall–Kier alpha value is -3.79. The molecule has 2 fully saturated rings. The first-order chi connectivity index (χ1) is 20.9. The average Bonchev–Trinajstić information content (AvgIpc) is 2.98. The SMILES string of the molecule is CC1OC(O)C(O)(C2(O)C(O)C(O)C(CO)OC2(O)c2c(O)cc3oc(-c4ccc(O)c(O)c4)c(O)c(=O)c3c2O)C(O)C1O. The summed E-state index contributed by atoms with van der Waals surface area (Å²) in [5.74, 6) is -10.0. The number of phenolic OH excluding ortho intramolecular Hbond substituents is 4. The Bertz CT molecular complexity index is 1710. The van der Waals surface area contributed by atoms with Crippen LogP contribution in [-0.2, 0) is 15.3 Å². The summed E-state index contributed by atoms with van der Waals surface area (Å²) >= 11 is 0. The number of benzene rings is 2. The zero-order valence-electron chi connectivity index (χ0n) is 23.0. The Morgan fingerprint density at radius 3 is 2.07 bits per heavy atom. The van der Waals surface area contributed by atoms with Crippen LogP contribution >= 0.6 is 0 Å². The summed E-state index contributed by atoms with van der Waals surface area (Å²) in [7, 11) is 0. The van der Waals surface area contributed by atoms with Crippen molar-refractivity contribution in [3.63, 3.8) is 0 Å². The first-order valence-corrected chi connectivity index (χ1v) is 13.2. The smallest absolute Gasteiger partial charge is 0.238 e. The molecule has 0 spiro atoms. The molecule has 1 aromatic heterocycles. The lowest BCUT2D eigenvalue weighted by Crippen LogP contribution is -2.86. The van der Waals surface area contributed by atoms with Crippen molar-refractivity contribution in [2.24, 2.45) is 0 Å². The van der Waals surface area contributed by atoms with E-state index in [0.717, 1.165) is 25.1 Å². The van der Waals surface area contributed by atoms with Gasteiger partial charge in [-0.2, -0.15) is 0 Å². The van der Waals surface area contributed by atoms with Crippen LogP contribution in [0.15, 0.2) is 33.5 Å². The van der Waals surface area contributed by atoms with Crippen LogP contribution in [0.1, 0.15) is 12.5 Å². The predicted molar refractivity (Wildman–Crippen MR) is 143 cm³/mol. The molecule has 2 aliphatic rings. The van der Waals surface area contributed by atoms with Crippen molar-refractivity contribution in [3.8, 4) is 40.1 Å². The van der Waals surface area contributed by atoms with Gasteiger partial charge in [-0.05, 0) is 25.1 Å².